The molecule has 0 N–H and O–H groups in total. The Morgan fingerprint density at radius 2 is 2.00 bits per heavy atom. The zero-order valence-corrected chi connectivity index (χ0v) is 14.3. The molecule has 1 aliphatic heterocycles. The first-order chi connectivity index (χ1) is 10.0. The number of anilines is 1. The molecular formula is C14H21BrN4O2. The van der Waals surface area contributed by atoms with E-state index in [0.29, 0.717) is 19.7 Å². The maximum Gasteiger partial charge on any atom is 0.409 e. The van der Waals surface area contributed by atoms with Crippen LogP contribution < -0.4 is 4.90 Å². The predicted molar refractivity (Wildman–Crippen MR) is 84.6 cm³/mol. The van der Waals surface area contributed by atoms with E-state index in [2.05, 4.69) is 44.6 Å². The molecule has 0 saturated carbocycles. The number of nitrogens with zero attached hydrogens (tertiary/aromatic N) is 4. The van der Waals surface area contributed by atoms with Gasteiger partial charge in [-0.3, -0.25) is 0 Å². The Morgan fingerprint density at radius 3 is 2.57 bits per heavy atom. The third-order valence-corrected chi connectivity index (χ3v) is 3.75. The number of carbonyl (C=O) groups excluding carboxylic acids is 1. The summed E-state index contributed by atoms with van der Waals surface area (Å²) in [5, 5.41) is 0. The number of rotatable bonds is 3. The van der Waals surface area contributed by atoms with Gasteiger partial charge >= 0.3 is 6.09 Å². The molecule has 1 aliphatic rings. The van der Waals surface area contributed by atoms with Crippen LogP contribution in [0.1, 0.15) is 32.5 Å². The predicted octanol–water partition coefficient (Wildman–Crippen LogP) is 2.64. The average molecular weight is 357 g/mol. The average Bonchev–Trinajstić information content (AvgIpc) is 2.47. The first-order valence-corrected chi connectivity index (χ1v) is 8.01. The van der Waals surface area contributed by atoms with Gasteiger partial charge in [-0.2, -0.15) is 0 Å². The van der Waals surface area contributed by atoms with Gasteiger partial charge in [0.1, 0.15) is 16.2 Å². The third kappa shape index (κ3) is 4.06. The van der Waals surface area contributed by atoms with Gasteiger partial charge in [-0.1, -0.05) is 13.8 Å². The van der Waals surface area contributed by atoms with Crippen LogP contribution in [-0.4, -0.2) is 53.7 Å². The highest BCUT2D eigenvalue weighted by molar-refractivity contribution is 9.10. The van der Waals surface area contributed by atoms with Crippen LogP contribution in [0.25, 0.3) is 0 Å². The number of amides is 1. The molecular weight excluding hydrogens is 336 g/mol. The van der Waals surface area contributed by atoms with Gasteiger partial charge in [0.2, 0.25) is 0 Å². The molecule has 116 valence electrons. The van der Waals surface area contributed by atoms with Crippen molar-refractivity contribution >= 4 is 27.8 Å². The van der Waals surface area contributed by atoms with Crippen molar-refractivity contribution in [3.8, 4) is 0 Å². The van der Waals surface area contributed by atoms with E-state index in [1.807, 2.05) is 13.0 Å². The molecule has 7 heteroatoms. The second-order valence-corrected chi connectivity index (χ2v) is 6.05. The Hall–Kier alpha value is -1.37. The standard InChI is InChI=1S/C14H21BrN4O2/c1-4-21-14(20)19-7-5-18(6-8-19)12-9-11(15)16-13(17-12)10(2)3/h9-10H,4-8H2,1-3H3. The first-order valence-electron chi connectivity index (χ1n) is 7.22. The molecule has 2 heterocycles. The lowest BCUT2D eigenvalue weighted by molar-refractivity contribution is 0.105. The Bertz CT molecular complexity index is 502. The summed E-state index contributed by atoms with van der Waals surface area (Å²) in [5.74, 6) is 2.01. The molecule has 1 fully saturated rings. The molecule has 1 aromatic rings. The summed E-state index contributed by atoms with van der Waals surface area (Å²) >= 11 is 3.44. The molecule has 0 unspecified atom stereocenters. The molecule has 0 aliphatic carbocycles. The van der Waals surface area contributed by atoms with Crippen LogP contribution in [0.2, 0.25) is 0 Å². The molecule has 0 bridgehead atoms. The molecule has 21 heavy (non-hydrogen) atoms. The molecule has 0 radical (unpaired) electrons. The van der Waals surface area contributed by atoms with Gasteiger partial charge < -0.3 is 14.5 Å². The van der Waals surface area contributed by atoms with Gasteiger partial charge in [0.15, 0.2) is 0 Å². The molecule has 1 saturated heterocycles. The SMILES string of the molecule is CCOC(=O)N1CCN(c2cc(Br)nc(C(C)C)n2)CC1. The fourth-order valence-corrected chi connectivity index (χ4v) is 2.56. The van der Waals surface area contributed by atoms with Gasteiger partial charge in [0.05, 0.1) is 6.61 Å². The van der Waals surface area contributed by atoms with Gasteiger partial charge in [-0.25, -0.2) is 14.8 Å². The fraction of sp³-hybridized carbons (Fsp3) is 0.643. The Balaban J connectivity index is 2.03. The number of piperazine rings is 1. The first kappa shape index (κ1) is 16.0. The molecule has 2 rings (SSSR count). The Labute approximate surface area is 133 Å². The molecule has 0 aromatic carbocycles. The number of aromatic nitrogens is 2. The van der Waals surface area contributed by atoms with Crippen LogP contribution in [0.15, 0.2) is 10.7 Å². The maximum absolute atomic E-state index is 11.7. The normalized spacial score (nSPS) is 15.5. The van der Waals surface area contributed by atoms with E-state index >= 15 is 0 Å². The summed E-state index contributed by atoms with van der Waals surface area (Å²) in [5.41, 5.74) is 0. The summed E-state index contributed by atoms with van der Waals surface area (Å²) in [4.78, 5) is 24.6. The minimum Gasteiger partial charge on any atom is -0.450 e. The second kappa shape index (κ2) is 7.06. The summed E-state index contributed by atoms with van der Waals surface area (Å²) in [7, 11) is 0. The van der Waals surface area contributed by atoms with E-state index in [0.717, 1.165) is 29.3 Å². The van der Waals surface area contributed by atoms with Crippen molar-refractivity contribution < 1.29 is 9.53 Å². The monoisotopic (exact) mass is 356 g/mol. The second-order valence-electron chi connectivity index (χ2n) is 5.23. The lowest BCUT2D eigenvalue weighted by Gasteiger charge is -2.34. The van der Waals surface area contributed by atoms with Crippen molar-refractivity contribution in [2.45, 2.75) is 26.7 Å². The van der Waals surface area contributed by atoms with Gasteiger partial charge in [-0.05, 0) is 22.9 Å². The minimum absolute atomic E-state index is 0.233. The highest BCUT2D eigenvalue weighted by Crippen LogP contribution is 2.21. The molecule has 0 spiro atoms. The summed E-state index contributed by atoms with van der Waals surface area (Å²) < 4.78 is 5.82. The van der Waals surface area contributed by atoms with Crippen molar-refractivity contribution in [2.24, 2.45) is 0 Å². The maximum atomic E-state index is 11.7. The summed E-state index contributed by atoms with van der Waals surface area (Å²) in [6.45, 7) is 9.18. The van der Waals surface area contributed by atoms with Crippen molar-refractivity contribution in [1.82, 2.24) is 14.9 Å². The van der Waals surface area contributed by atoms with Gasteiger partial charge in [0.25, 0.3) is 0 Å². The molecule has 6 nitrogen and oxygen atoms in total. The van der Waals surface area contributed by atoms with Crippen molar-refractivity contribution in [3.63, 3.8) is 0 Å². The van der Waals surface area contributed by atoms with Crippen LogP contribution >= 0.6 is 15.9 Å². The zero-order chi connectivity index (χ0) is 15.4. The van der Waals surface area contributed by atoms with Crippen LogP contribution in [0.5, 0.6) is 0 Å². The lowest BCUT2D eigenvalue weighted by atomic mass is 10.2. The lowest BCUT2D eigenvalue weighted by Crippen LogP contribution is -2.49. The number of ether oxygens (including phenoxy) is 1. The van der Waals surface area contributed by atoms with Crippen molar-refractivity contribution in [1.29, 1.82) is 0 Å². The third-order valence-electron chi connectivity index (χ3n) is 3.34. The van der Waals surface area contributed by atoms with E-state index < -0.39 is 0 Å². The molecule has 1 amide bonds. The molecule has 0 atom stereocenters. The van der Waals surface area contributed by atoms with Crippen LogP contribution in [0, 0.1) is 0 Å². The van der Waals surface area contributed by atoms with E-state index in [-0.39, 0.29) is 12.0 Å². The van der Waals surface area contributed by atoms with Gasteiger partial charge in [-0.15, -0.1) is 0 Å². The van der Waals surface area contributed by atoms with Gasteiger partial charge in [0, 0.05) is 38.2 Å². The number of hydrogen-bond acceptors (Lipinski definition) is 5. The minimum atomic E-state index is -0.233. The largest absolute Gasteiger partial charge is 0.450 e. The highest BCUT2D eigenvalue weighted by atomic mass is 79.9. The topological polar surface area (TPSA) is 58.6 Å². The van der Waals surface area contributed by atoms with E-state index in [4.69, 9.17) is 4.74 Å². The number of hydrogen-bond donors (Lipinski definition) is 0. The van der Waals surface area contributed by atoms with Crippen molar-refractivity contribution in [3.05, 3.63) is 16.5 Å². The molecule has 1 aromatic heterocycles. The van der Waals surface area contributed by atoms with E-state index in [1.54, 1.807) is 4.90 Å². The van der Waals surface area contributed by atoms with Crippen LogP contribution in [0.4, 0.5) is 10.6 Å². The van der Waals surface area contributed by atoms with Crippen LogP contribution in [0.3, 0.4) is 0 Å². The van der Waals surface area contributed by atoms with E-state index in [9.17, 15) is 4.79 Å². The summed E-state index contributed by atoms with van der Waals surface area (Å²) in [6.07, 6.45) is -0.233. The number of carbonyl (C=O) groups is 1. The number of halogens is 1. The quantitative estimate of drug-likeness (QED) is 0.779. The van der Waals surface area contributed by atoms with E-state index in [1.165, 1.54) is 0 Å². The Morgan fingerprint density at radius 1 is 1.33 bits per heavy atom. The fourth-order valence-electron chi connectivity index (χ4n) is 2.18. The Kier molecular flexibility index (Phi) is 5.39. The summed E-state index contributed by atoms with van der Waals surface area (Å²) in [6, 6.07) is 1.92. The smallest absolute Gasteiger partial charge is 0.409 e. The van der Waals surface area contributed by atoms with Crippen molar-refractivity contribution in [2.75, 3.05) is 37.7 Å². The van der Waals surface area contributed by atoms with Crippen LogP contribution in [-0.2, 0) is 4.74 Å². The highest BCUT2D eigenvalue weighted by Gasteiger charge is 2.23. The zero-order valence-electron chi connectivity index (χ0n) is 12.7.